The Hall–Kier alpha value is -2.39. The van der Waals surface area contributed by atoms with Crippen molar-refractivity contribution >= 4 is 40.2 Å². The van der Waals surface area contributed by atoms with Crippen molar-refractivity contribution in [1.29, 1.82) is 0 Å². The van der Waals surface area contributed by atoms with Crippen molar-refractivity contribution in [3.63, 3.8) is 0 Å². The van der Waals surface area contributed by atoms with Crippen LogP contribution in [0, 0.1) is 0 Å². The van der Waals surface area contributed by atoms with Crippen LogP contribution in [0.3, 0.4) is 0 Å². The molecule has 140 valence electrons. The Balaban J connectivity index is 1.62. The zero-order chi connectivity index (χ0) is 19.1. The van der Waals surface area contributed by atoms with Crippen LogP contribution in [0.5, 0.6) is 0 Å². The van der Waals surface area contributed by atoms with Crippen molar-refractivity contribution in [2.45, 2.75) is 12.5 Å². The summed E-state index contributed by atoms with van der Waals surface area (Å²) in [5, 5.41) is 1.66. The minimum absolute atomic E-state index is 0.173. The van der Waals surface area contributed by atoms with E-state index in [0.29, 0.717) is 30.6 Å². The Morgan fingerprint density at radius 2 is 2.07 bits per heavy atom. The number of pyridine rings is 1. The fraction of sp³-hybridized carbons (Fsp3) is 0.333. The number of thiophene rings is 1. The highest BCUT2D eigenvalue weighted by Crippen LogP contribution is 2.30. The third-order valence-electron chi connectivity index (χ3n) is 4.85. The molecule has 0 aromatic carbocycles. The molecule has 2 saturated heterocycles. The molecule has 2 fully saturated rings. The first-order valence-corrected chi connectivity index (χ1v) is 10.3. The molecular formula is C18H17N3O4S2. The Bertz CT molecular complexity index is 967. The van der Waals surface area contributed by atoms with Crippen LogP contribution in [0.25, 0.3) is 10.4 Å². The summed E-state index contributed by atoms with van der Waals surface area (Å²) in [6, 6.07) is 4.96. The van der Waals surface area contributed by atoms with E-state index in [1.54, 1.807) is 18.1 Å². The Morgan fingerprint density at radius 1 is 1.26 bits per heavy atom. The molecule has 2 aromatic heterocycles. The van der Waals surface area contributed by atoms with Gasteiger partial charge in [-0.1, -0.05) is 17.8 Å². The normalized spacial score (nSPS) is 20.0. The third-order valence-corrected chi connectivity index (χ3v) is 6.58. The molecule has 0 spiro atoms. The van der Waals surface area contributed by atoms with Gasteiger partial charge in [0.15, 0.2) is 0 Å². The van der Waals surface area contributed by atoms with Gasteiger partial charge in [-0.25, -0.2) is 0 Å². The van der Waals surface area contributed by atoms with Crippen molar-refractivity contribution in [3.8, 4) is 10.4 Å². The van der Waals surface area contributed by atoms with Crippen molar-refractivity contribution < 1.29 is 14.4 Å². The number of likely N-dealkylation sites (tertiary alicyclic amines) is 1. The molecule has 9 heteroatoms. The summed E-state index contributed by atoms with van der Waals surface area (Å²) in [4.78, 5) is 53.0. The number of hydrogen-bond acceptors (Lipinski definition) is 6. The second-order valence-electron chi connectivity index (χ2n) is 6.54. The lowest BCUT2D eigenvalue weighted by molar-refractivity contribution is -0.126. The average molecular weight is 403 g/mol. The van der Waals surface area contributed by atoms with E-state index in [9.17, 15) is 19.2 Å². The van der Waals surface area contributed by atoms with Crippen LogP contribution in [-0.2, 0) is 11.8 Å². The first kappa shape index (κ1) is 18.0. The standard InChI is InChI=1S/C18H17N3O4S2/c1-19-9-13(12(7-15(19)22)14-3-2-6-26-14)17(24)20-5-4-11(8-20)21-16(23)10-27-18(21)25/h2-3,6-7,9,11H,4-5,8,10H2,1H3. The fourth-order valence-corrected chi connectivity index (χ4v) is 4.99. The lowest BCUT2D eigenvalue weighted by Crippen LogP contribution is -2.41. The SMILES string of the molecule is Cn1cc(C(=O)N2CCC(N3C(=O)CSC3=O)C2)c(-c2cccs2)cc1=O. The quantitative estimate of drug-likeness (QED) is 0.783. The van der Waals surface area contributed by atoms with E-state index in [2.05, 4.69) is 0 Å². The summed E-state index contributed by atoms with van der Waals surface area (Å²) in [6.07, 6.45) is 2.14. The summed E-state index contributed by atoms with van der Waals surface area (Å²) < 4.78 is 1.39. The van der Waals surface area contributed by atoms with E-state index < -0.39 is 0 Å². The Morgan fingerprint density at radius 3 is 2.74 bits per heavy atom. The van der Waals surface area contributed by atoms with E-state index in [4.69, 9.17) is 0 Å². The predicted octanol–water partition coefficient (Wildman–Crippen LogP) is 2.02. The molecule has 0 aliphatic carbocycles. The zero-order valence-electron chi connectivity index (χ0n) is 14.6. The molecule has 2 aliphatic heterocycles. The molecule has 2 aromatic rings. The molecule has 4 heterocycles. The van der Waals surface area contributed by atoms with Gasteiger partial charge >= 0.3 is 0 Å². The van der Waals surface area contributed by atoms with E-state index in [0.717, 1.165) is 16.6 Å². The summed E-state index contributed by atoms with van der Waals surface area (Å²) in [6.45, 7) is 0.793. The van der Waals surface area contributed by atoms with Gasteiger partial charge in [-0.3, -0.25) is 24.1 Å². The number of aryl methyl sites for hydroxylation is 1. The van der Waals surface area contributed by atoms with Gasteiger partial charge in [0.2, 0.25) is 5.91 Å². The second-order valence-corrected chi connectivity index (χ2v) is 8.41. The topological polar surface area (TPSA) is 79.7 Å². The van der Waals surface area contributed by atoms with Gasteiger partial charge in [-0.15, -0.1) is 11.3 Å². The summed E-state index contributed by atoms with van der Waals surface area (Å²) in [5.74, 6) is -0.207. The minimum Gasteiger partial charge on any atom is -0.336 e. The molecule has 27 heavy (non-hydrogen) atoms. The number of carbonyl (C=O) groups excluding carboxylic acids is 3. The lowest BCUT2D eigenvalue weighted by Gasteiger charge is -2.22. The van der Waals surface area contributed by atoms with E-state index in [-0.39, 0.29) is 34.4 Å². The molecule has 2 aliphatic rings. The molecule has 1 unspecified atom stereocenters. The largest absolute Gasteiger partial charge is 0.336 e. The van der Waals surface area contributed by atoms with Crippen LogP contribution in [-0.4, -0.2) is 56.3 Å². The molecule has 7 nitrogen and oxygen atoms in total. The van der Waals surface area contributed by atoms with Gasteiger partial charge < -0.3 is 9.47 Å². The molecular weight excluding hydrogens is 386 g/mol. The van der Waals surface area contributed by atoms with Crippen molar-refractivity contribution in [3.05, 3.63) is 45.7 Å². The fourth-order valence-electron chi connectivity index (χ4n) is 3.46. The van der Waals surface area contributed by atoms with Crippen LogP contribution in [0.4, 0.5) is 4.79 Å². The van der Waals surface area contributed by atoms with Crippen molar-refractivity contribution in [2.75, 3.05) is 18.8 Å². The molecule has 0 bridgehead atoms. The Kier molecular flexibility index (Phi) is 4.65. The van der Waals surface area contributed by atoms with Crippen LogP contribution in [0.15, 0.2) is 34.6 Å². The highest BCUT2D eigenvalue weighted by Gasteiger charge is 2.40. The monoisotopic (exact) mass is 403 g/mol. The molecule has 0 saturated carbocycles. The van der Waals surface area contributed by atoms with Crippen LogP contribution >= 0.6 is 23.1 Å². The number of thioether (sulfide) groups is 1. The highest BCUT2D eigenvalue weighted by molar-refractivity contribution is 8.14. The van der Waals surface area contributed by atoms with E-state index in [1.807, 2.05) is 17.5 Å². The van der Waals surface area contributed by atoms with Gasteiger partial charge in [-0.2, -0.15) is 0 Å². The smallest absolute Gasteiger partial charge is 0.289 e. The average Bonchev–Trinajstić information content (AvgIpc) is 3.38. The third kappa shape index (κ3) is 3.21. The first-order chi connectivity index (χ1) is 13.0. The summed E-state index contributed by atoms with van der Waals surface area (Å²) in [7, 11) is 1.61. The minimum atomic E-state index is -0.276. The molecule has 3 amide bonds. The molecule has 0 N–H and O–H groups in total. The van der Waals surface area contributed by atoms with Gasteiger partial charge in [0.25, 0.3) is 16.7 Å². The molecule has 4 rings (SSSR count). The number of amides is 3. The van der Waals surface area contributed by atoms with Gasteiger partial charge in [-0.05, 0) is 17.9 Å². The van der Waals surface area contributed by atoms with Crippen LogP contribution in [0.1, 0.15) is 16.8 Å². The first-order valence-electron chi connectivity index (χ1n) is 8.48. The maximum atomic E-state index is 13.2. The van der Waals surface area contributed by atoms with E-state index in [1.165, 1.54) is 26.9 Å². The lowest BCUT2D eigenvalue weighted by atomic mass is 10.1. The Labute approximate surface area is 163 Å². The number of imide groups is 1. The number of aromatic nitrogens is 1. The van der Waals surface area contributed by atoms with Gasteiger partial charge in [0.1, 0.15) is 0 Å². The molecule has 0 radical (unpaired) electrons. The van der Waals surface area contributed by atoms with Crippen LogP contribution in [0.2, 0.25) is 0 Å². The zero-order valence-corrected chi connectivity index (χ0v) is 16.2. The summed E-state index contributed by atoms with van der Waals surface area (Å²) >= 11 is 2.47. The predicted molar refractivity (Wildman–Crippen MR) is 104 cm³/mol. The number of rotatable bonds is 3. The van der Waals surface area contributed by atoms with Crippen molar-refractivity contribution in [2.24, 2.45) is 7.05 Å². The number of nitrogens with zero attached hydrogens (tertiary/aromatic N) is 3. The van der Waals surface area contributed by atoms with E-state index >= 15 is 0 Å². The summed E-state index contributed by atoms with van der Waals surface area (Å²) in [5.41, 5.74) is 0.888. The molecule has 1 atom stereocenters. The highest BCUT2D eigenvalue weighted by atomic mass is 32.2. The van der Waals surface area contributed by atoms with Gasteiger partial charge in [0.05, 0.1) is 17.4 Å². The maximum Gasteiger partial charge on any atom is 0.289 e. The van der Waals surface area contributed by atoms with Crippen molar-refractivity contribution in [1.82, 2.24) is 14.4 Å². The number of hydrogen-bond donors (Lipinski definition) is 0. The van der Waals surface area contributed by atoms with Crippen LogP contribution < -0.4 is 5.56 Å². The maximum absolute atomic E-state index is 13.2. The van der Waals surface area contributed by atoms with Gasteiger partial charge in [0, 0.05) is 42.8 Å². The number of carbonyl (C=O) groups is 3. The second kappa shape index (κ2) is 6.97.